The number of amides is 1. The Balaban J connectivity index is 2.31. The molecule has 0 unspecified atom stereocenters. The van der Waals surface area contributed by atoms with Crippen molar-refractivity contribution in [2.24, 2.45) is 0 Å². The number of hydrogen-bond donors (Lipinski definition) is 1. The molecule has 0 radical (unpaired) electrons. The number of halogens is 1. The minimum atomic E-state index is -0.429. The summed E-state index contributed by atoms with van der Waals surface area (Å²) >= 11 is 2.24. The number of aryl methyl sites for hydroxylation is 2. The minimum absolute atomic E-state index is 0.0792. The summed E-state index contributed by atoms with van der Waals surface area (Å²) < 4.78 is 2.44. The third-order valence-electron chi connectivity index (χ3n) is 4.03. The van der Waals surface area contributed by atoms with Gasteiger partial charge in [-0.3, -0.25) is 9.59 Å². The molecule has 130 valence electrons. The highest BCUT2D eigenvalue weighted by Crippen LogP contribution is 2.26. The molecule has 0 saturated heterocycles. The average Bonchev–Trinajstić information content (AvgIpc) is 2.53. The van der Waals surface area contributed by atoms with Gasteiger partial charge in [0, 0.05) is 15.0 Å². The molecule has 5 nitrogen and oxygen atoms in total. The van der Waals surface area contributed by atoms with Crippen LogP contribution in [0.3, 0.4) is 0 Å². The summed E-state index contributed by atoms with van der Waals surface area (Å²) in [6, 6.07) is 9.51. The number of pyridine rings is 1. The van der Waals surface area contributed by atoms with Gasteiger partial charge in [-0.2, -0.15) is 5.26 Å². The first kappa shape index (κ1) is 19.2. The number of hydrogen-bond acceptors (Lipinski definition) is 3. The first-order valence-corrected chi connectivity index (χ1v) is 9.03. The molecule has 0 saturated carbocycles. The van der Waals surface area contributed by atoms with Gasteiger partial charge < -0.3 is 9.88 Å². The minimum Gasteiger partial charge on any atom is -0.324 e. The van der Waals surface area contributed by atoms with Gasteiger partial charge in [0.2, 0.25) is 5.91 Å². The molecule has 2 aromatic rings. The molecule has 25 heavy (non-hydrogen) atoms. The van der Waals surface area contributed by atoms with Crippen molar-refractivity contribution >= 4 is 34.2 Å². The number of nitrogens with one attached hydrogen (secondary N) is 1. The van der Waals surface area contributed by atoms with Crippen molar-refractivity contribution in [2.45, 2.75) is 40.2 Å². The van der Waals surface area contributed by atoms with Crippen LogP contribution in [0.25, 0.3) is 0 Å². The van der Waals surface area contributed by atoms with E-state index in [1.807, 2.05) is 24.3 Å². The van der Waals surface area contributed by atoms with Crippen molar-refractivity contribution in [1.82, 2.24) is 4.57 Å². The number of carbonyl (C=O) groups is 1. The van der Waals surface area contributed by atoms with Crippen LogP contribution in [0.4, 0.5) is 5.69 Å². The molecule has 0 atom stereocenters. The van der Waals surface area contributed by atoms with E-state index in [1.54, 1.807) is 19.9 Å². The van der Waals surface area contributed by atoms with E-state index in [1.165, 1.54) is 4.57 Å². The molecule has 0 spiro atoms. The maximum atomic E-state index is 12.5. The number of nitrogens with zero attached hydrogens (tertiary/aromatic N) is 2. The molecule has 1 heterocycles. The summed E-state index contributed by atoms with van der Waals surface area (Å²) in [7, 11) is 0. The second-order valence-electron chi connectivity index (χ2n) is 6.28. The smallest absolute Gasteiger partial charge is 0.269 e. The molecule has 1 amide bonds. The Morgan fingerprint density at radius 2 is 2.00 bits per heavy atom. The van der Waals surface area contributed by atoms with Gasteiger partial charge in [0.25, 0.3) is 5.56 Å². The zero-order valence-corrected chi connectivity index (χ0v) is 16.8. The monoisotopic (exact) mass is 449 g/mol. The normalized spacial score (nSPS) is 10.6. The van der Waals surface area contributed by atoms with Gasteiger partial charge in [0.1, 0.15) is 18.2 Å². The Morgan fingerprint density at radius 1 is 1.32 bits per heavy atom. The van der Waals surface area contributed by atoms with Crippen molar-refractivity contribution in [3.8, 4) is 6.07 Å². The average molecular weight is 449 g/mol. The summed E-state index contributed by atoms with van der Waals surface area (Å²) in [5.74, 6) is -0.0277. The standard InChI is InChI=1S/C19H20IN3O2/c1-11(2)15-8-14(20)5-6-17(15)22-18(24)10-23-13(4)7-12(3)16(9-21)19(23)25/h5-8,11H,10H2,1-4H3,(H,22,24). The molecule has 0 aliphatic carbocycles. The predicted octanol–water partition coefficient (Wildman–Crippen LogP) is 3.70. The number of rotatable bonds is 4. The van der Waals surface area contributed by atoms with E-state index in [4.69, 9.17) is 5.26 Å². The summed E-state index contributed by atoms with van der Waals surface area (Å²) in [5.41, 5.74) is 2.73. The SMILES string of the molecule is Cc1cc(C)n(CC(=O)Nc2ccc(I)cc2C(C)C)c(=O)c1C#N. The maximum absolute atomic E-state index is 12.5. The van der Waals surface area contributed by atoms with Crippen molar-refractivity contribution in [3.05, 3.63) is 60.6 Å². The lowest BCUT2D eigenvalue weighted by molar-refractivity contribution is -0.116. The first-order valence-electron chi connectivity index (χ1n) is 7.95. The first-order chi connectivity index (χ1) is 11.7. The van der Waals surface area contributed by atoms with Gasteiger partial charge in [0.15, 0.2) is 0 Å². The molecule has 0 aliphatic rings. The number of aromatic nitrogens is 1. The van der Waals surface area contributed by atoms with E-state index in [2.05, 4.69) is 41.8 Å². The largest absolute Gasteiger partial charge is 0.324 e. The fourth-order valence-electron chi connectivity index (χ4n) is 2.72. The van der Waals surface area contributed by atoms with E-state index >= 15 is 0 Å². The van der Waals surface area contributed by atoms with Crippen molar-refractivity contribution < 1.29 is 4.79 Å². The van der Waals surface area contributed by atoms with Crippen molar-refractivity contribution in [2.75, 3.05) is 5.32 Å². The van der Waals surface area contributed by atoms with Crippen LogP contribution in [-0.2, 0) is 11.3 Å². The van der Waals surface area contributed by atoms with Crippen LogP contribution in [0.15, 0.2) is 29.1 Å². The lowest BCUT2D eigenvalue weighted by atomic mass is 10.0. The fraction of sp³-hybridized carbons (Fsp3) is 0.316. The van der Waals surface area contributed by atoms with Gasteiger partial charge in [0.05, 0.1) is 0 Å². The molecule has 2 rings (SSSR count). The third-order valence-corrected chi connectivity index (χ3v) is 4.70. The highest BCUT2D eigenvalue weighted by atomic mass is 127. The zero-order chi connectivity index (χ0) is 18.7. The summed E-state index contributed by atoms with van der Waals surface area (Å²) in [4.78, 5) is 24.9. The zero-order valence-electron chi connectivity index (χ0n) is 14.7. The highest BCUT2D eigenvalue weighted by molar-refractivity contribution is 14.1. The van der Waals surface area contributed by atoms with Crippen LogP contribution in [-0.4, -0.2) is 10.5 Å². The van der Waals surface area contributed by atoms with E-state index < -0.39 is 5.56 Å². The summed E-state index contributed by atoms with van der Waals surface area (Å²) in [6.45, 7) is 7.48. The predicted molar refractivity (Wildman–Crippen MR) is 107 cm³/mol. The Kier molecular flexibility index (Phi) is 6.01. The van der Waals surface area contributed by atoms with Crippen LogP contribution in [0.1, 0.15) is 42.1 Å². The molecule has 1 N–H and O–H groups in total. The van der Waals surface area contributed by atoms with Gasteiger partial charge in [-0.05, 0) is 77.7 Å². The third kappa shape index (κ3) is 4.28. The lowest BCUT2D eigenvalue weighted by Gasteiger charge is -2.16. The Labute approximate surface area is 160 Å². The summed E-state index contributed by atoms with van der Waals surface area (Å²) in [5, 5.41) is 12.0. The molecule has 0 fully saturated rings. The molecule has 1 aromatic heterocycles. The highest BCUT2D eigenvalue weighted by Gasteiger charge is 2.15. The molecular weight excluding hydrogens is 429 g/mol. The van der Waals surface area contributed by atoms with Crippen LogP contribution in [0, 0.1) is 28.7 Å². The van der Waals surface area contributed by atoms with Gasteiger partial charge in [-0.15, -0.1) is 0 Å². The van der Waals surface area contributed by atoms with E-state index in [0.29, 0.717) is 11.3 Å². The van der Waals surface area contributed by atoms with Gasteiger partial charge in [-0.25, -0.2) is 0 Å². The second-order valence-corrected chi connectivity index (χ2v) is 7.53. The number of nitriles is 1. The summed E-state index contributed by atoms with van der Waals surface area (Å²) in [6.07, 6.45) is 0. The topological polar surface area (TPSA) is 74.9 Å². The van der Waals surface area contributed by atoms with Crippen molar-refractivity contribution in [3.63, 3.8) is 0 Å². The molecule has 0 aliphatic heterocycles. The Morgan fingerprint density at radius 3 is 2.60 bits per heavy atom. The molecule has 1 aromatic carbocycles. The van der Waals surface area contributed by atoms with E-state index in [9.17, 15) is 9.59 Å². The van der Waals surface area contributed by atoms with Crippen molar-refractivity contribution in [1.29, 1.82) is 5.26 Å². The fourth-order valence-corrected chi connectivity index (χ4v) is 3.23. The van der Waals surface area contributed by atoms with Crippen LogP contribution in [0.5, 0.6) is 0 Å². The van der Waals surface area contributed by atoms with E-state index in [0.717, 1.165) is 14.8 Å². The maximum Gasteiger partial charge on any atom is 0.269 e. The van der Waals surface area contributed by atoms with E-state index in [-0.39, 0.29) is 23.9 Å². The molecular formula is C19H20IN3O2. The Hall–Kier alpha value is -2.14. The van der Waals surface area contributed by atoms with Gasteiger partial charge >= 0.3 is 0 Å². The Bertz CT molecular complexity index is 923. The second kappa shape index (κ2) is 7.83. The van der Waals surface area contributed by atoms with Crippen LogP contribution < -0.4 is 10.9 Å². The number of carbonyl (C=O) groups excluding carboxylic acids is 1. The lowest BCUT2D eigenvalue weighted by Crippen LogP contribution is -2.31. The number of benzene rings is 1. The van der Waals surface area contributed by atoms with Gasteiger partial charge in [-0.1, -0.05) is 13.8 Å². The molecule has 0 bridgehead atoms. The van der Waals surface area contributed by atoms with Crippen LogP contribution in [0.2, 0.25) is 0 Å². The van der Waals surface area contributed by atoms with Crippen LogP contribution >= 0.6 is 22.6 Å². The molecule has 6 heteroatoms. The quantitative estimate of drug-likeness (QED) is 0.724. The number of anilines is 1.